The van der Waals surface area contributed by atoms with E-state index >= 15 is 0 Å². The highest BCUT2D eigenvalue weighted by molar-refractivity contribution is 6.30. The molecule has 0 saturated heterocycles. The Morgan fingerprint density at radius 3 is 2.35 bits per heavy atom. The van der Waals surface area contributed by atoms with Crippen molar-refractivity contribution in [2.45, 2.75) is 6.61 Å². The van der Waals surface area contributed by atoms with Crippen molar-refractivity contribution in [1.29, 1.82) is 0 Å². The van der Waals surface area contributed by atoms with Crippen LogP contribution in [0, 0.1) is 0 Å². The monoisotopic (exact) mass is 362 g/mol. The molecule has 0 saturated carbocycles. The molecule has 128 valence electrons. The number of halogens is 1. The molecule has 4 nitrogen and oxygen atoms in total. The van der Waals surface area contributed by atoms with Crippen LogP contribution in [0.15, 0.2) is 83.7 Å². The highest BCUT2D eigenvalue weighted by Crippen LogP contribution is 2.18. The summed E-state index contributed by atoms with van der Waals surface area (Å²) < 4.78 is 1.27. The molecule has 4 aromatic rings. The molecule has 1 heterocycles. The summed E-state index contributed by atoms with van der Waals surface area (Å²) in [6.07, 6.45) is 0. The molecular formula is C21H15ClN2O2. The second-order valence-corrected chi connectivity index (χ2v) is 6.25. The first-order chi connectivity index (χ1) is 12.7. The number of fused-ring (bicyclic) bond motifs is 1. The third-order valence-corrected chi connectivity index (χ3v) is 4.30. The summed E-state index contributed by atoms with van der Waals surface area (Å²) in [7, 11) is 0. The van der Waals surface area contributed by atoms with Gasteiger partial charge in [-0.15, -0.1) is 4.73 Å². The Labute approximate surface area is 155 Å². The molecule has 0 atom stereocenters. The van der Waals surface area contributed by atoms with Crippen molar-refractivity contribution in [3.05, 3.63) is 99.8 Å². The van der Waals surface area contributed by atoms with E-state index in [4.69, 9.17) is 16.4 Å². The summed E-state index contributed by atoms with van der Waals surface area (Å²) in [4.78, 5) is 23.5. The molecule has 4 rings (SSSR count). The fourth-order valence-corrected chi connectivity index (χ4v) is 2.85. The average Bonchev–Trinajstić information content (AvgIpc) is 2.69. The molecule has 0 unspecified atom stereocenters. The third kappa shape index (κ3) is 3.19. The highest BCUT2D eigenvalue weighted by Gasteiger charge is 2.13. The van der Waals surface area contributed by atoms with Gasteiger partial charge in [-0.2, -0.15) is 0 Å². The lowest BCUT2D eigenvalue weighted by molar-refractivity contribution is 0.0921. The van der Waals surface area contributed by atoms with Crippen molar-refractivity contribution < 1.29 is 4.84 Å². The van der Waals surface area contributed by atoms with E-state index < -0.39 is 0 Å². The number of para-hydroxylation sites is 1. The number of nitrogens with zero attached hydrogens (tertiary/aromatic N) is 2. The Balaban J connectivity index is 1.81. The minimum Gasteiger partial charge on any atom is -0.404 e. The van der Waals surface area contributed by atoms with E-state index in [1.807, 2.05) is 60.7 Å². The van der Waals surface area contributed by atoms with Crippen LogP contribution in [-0.4, -0.2) is 9.71 Å². The van der Waals surface area contributed by atoms with Crippen LogP contribution in [0.5, 0.6) is 0 Å². The summed E-state index contributed by atoms with van der Waals surface area (Å²) >= 11 is 5.92. The summed E-state index contributed by atoms with van der Waals surface area (Å²) in [5.41, 5.74) is 2.13. The number of aromatic nitrogens is 2. The van der Waals surface area contributed by atoms with Gasteiger partial charge in [0.1, 0.15) is 6.61 Å². The predicted molar refractivity (Wildman–Crippen MR) is 103 cm³/mol. The molecule has 0 bridgehead atoms. The Bertz CT molecular complexity index is 1110. The van der Waals surface area contributed by atoms with Crippen molar-refractivity contribution in [3.8, 4) is 11.4 Å². The average molecular weight is 363 g/mol. The lowest BCUT2D eigenvalue weighted by Gasteiger charge is -2.14. The fourth-order valence-electron chi connectivity index (χ4n) is 2.73. The number of hydrogen-bond donors (Lipinski definition) is 0. The van der Waals surface area contributed by atoms with Crippen molar-refractivity contribution in [2.24, 2.45) is 0 Å². The maximum atomic E-state index is 13.0. The molecule has 0 amide bonds. The van der Waals surface area contributed by atoms with E-state index in [1.165, 1.54) is 4.73 Å². The number of rotatable bonds is 4. The van der Waals surface area contributed by atoms with Gasteiger partial charge in [0.15, 0.2) is 5.82 Å². The van der Waals surface area contributed by atoms with Gasteiger partial charge in [0, 0.05) is 10.6 Å². The second kappa shape index (κ2) is 7.02. The van der Waals surface area contributed by atoms with E-state index in [2.05, 4.69) is 4.98 Å². The third-order valence-electron chi connectivity index (χ3n) is 4.04. The normalized spacial score (nSPS) is 10.8. The fraction of sp³-hybridized carbons (Fsp3) is 0.0476. The van der Waals surface area contributed by atoms with Gasteiger partial charge in [-0.1, -0.05) is 66.2 Å². The topological polar surface area (TPSA) is 44.1 Å². The maximum Gasteiger partial charge on any atom is 0.294 e. The van der Waals surface area contributed by atoms with Gasteiger partial charge in [-0.25, -0.2) is 4.98 Å². The van der Waals surface area contributed by atoms with Crippen LogP contribution in [0.4, 0.5) is 0 Å². The minimum absolute atomic E-state index is 0.233. The molecule has 1 aromatic heterocycles. The maximum absolute atomic E-state index is 13.0. The van der Waals surface area contributed by atoms with Gasteiger partial charge in [0.25, 0.3) is 5.56 Å². The van der Waals surface area contributed by atoms with Crippen molar-refractivity contribution in [2.75, 3.05) is 0 Å². The summed E-state index contributed by atoms with van der Waals surface area (Å²) in [6, 6.07) is 24.1. The molecular weight excluding hydrogens is 348 g/mol. The van der Waals surface area contributed by atoms with Gasteiger partial charge in [0.05, 0.1) is 10.9 Å². The zero-order valence-electron chi connectivity index (χ0n) is 13.8. The molecule has 0 N–H and O–H groups in total. The molecule has 0 aliphatic carbocycles. The zero-order chi connectivity index (χ0) is 17.9. The molecule has 0 radical (unpaired) electrons. The van der Waals surface area contributed by atoms with Crippen molar-refractivity contribution >= 4 is 22.5 Å². The first kappa shape index (κ1) is 16.4. The molecule has 3 aromatic carbocycles. The molecule has 0 aliphatic rings. The van der Waals surface area contributed by atoms with Crippen LogP contribution in [0.25, 0.3) is 22.3 Å². The summed E-state index contributed by atoms with van der Waals surface area (Å²) in [5.74, 6) is 0.475. The van der Waals surface area contributed by atoms with E-state index in [9.17, 15) is 4.79 Å². The Morgan fingerprint density at radius 2 is 1.58 bits per heavy atom. The molecule has 5 heteroatoms. The summed E-state index contributed by atoms with van der Waals surface area (Å²) in [5, 5.41) is 1.17. The van der Waals surface area contributed by atoms with E-state index in [0.717, 1.165) is 11.1 Å². The minimum atomic E-state index is -0.233. The first-order valence-corrected chi connectivity index (χ1v) is 8.55. The number of benzene rings is 3. The zero-order valence-corrected chi connectivity index (χ0v) is 14.6. The van der Waals surface area contributed by atoms with E-state index in [-0.39, 0.29) is 12.2 Å². The van der Waals surface area contributed by atoms with Crippen LogP contribution in [0.1, 0.15) is 5.56 Å². The van der Waals surface area contributed by atoms with Crippen LogP contribution in [0.3, 0.4) is 0 Å². The number of hydrogen-bond acceptors (Lipinski definition) is 3. The van der Waals surface area contributed by atoms with Crippen molar-refractivity contribution in [1.82, 2.24) is 9.71 Å². The smallest absolute Gasteiger partial charge is 0.294 e. The van der Waals surface area contributed by atoms with E-state index in [0.29, 0.717) is 21.7 Å². The lowest BCUT2D eigenvalue weighted by Crippen LogP contribution is -2.29. The highest BCUT2D eigenvalue weighted by atomic mass is 35.5. The molecule has 0 fully saturated rings. The molecule has 0 spiro atoms. The van der Waals surface area contributed by atoms with Crippen molar-refractivity contribution in [3.63, 3.8) is 0 Å². The van der Waals surface area contributed by atoms with Gasteiger partial charge >= 0.3 is 0 Å². The lowest BCUT2D eigenvalue weighted by atomic mass is 10.2. The second-order valence-electron chi connectivity index (χ2n) is 5.82. The SMILES string of the molecule is O=c1c2ccccc2nc(-c2ccccc2)n1OCc1ccc(Cl)cc1. The van der Waals surface area contributed by atoms with Gasteiger partial charge in [-0.05, 0) is 29.8 Å². The Kier molecular flexibility index (Phi) is 4.42. The quantitative estimate of drug-likeness (QED) is 0.542. The van der Waals surface area contributed by atoms with Gasteiger partial charge < -0.3 is 4.84 Å². The van der Waals surface area contributed by atoms with Gasteiger partial charge in [-0.3, -0.25) is 4.79 Å². The van der Waals surface area contributed by atoms with Crippen LogP contribution >= 0.6 is 11.6 Å². The van der Waals surface area contributed by atoms with E-state index in [1.54, 1.807) is 18.2 Å². The largest absolute Gasteiger partial charge is 0.404 e. The molecule has 0 aliphatic heterocycles. The molecule has 26 heavy (non-hydrogen) atoms. The summed E-state index contributed by atoms with van der Waals surface area (Å²) in [6.45, 7) is 0.233. The standard InChI is InChI=1S/C21H15ClN2O2/c22-17-12-10-15(11-13-17)14-26-24-20(16-6-2-1-3-7-16)23-19-9-5-4-8-18(19)21(24)25/h1-13H,14H2. The van der Waals surface area contributed by atoms with Crippen LogP contribution < -0.4 is 10.4 Å². The van der Waals surface area contributed by atoms with Gasteiger partial charge in [0.2, 0.25) is 0 Å². The van der Waals surface area contributed by atoms with Crippen LogP contribution in [0.2, 0.25) is 5.02 Å². The Hall–Kier alpha value is -3.11. The predicted octanol–water partition coefficient (Wildman–Crippen LogP) is 4.35. The first-order valence-electron chi connectivity index (χ1n) is 8.17. The Morgan fingerprint density at radius 1 is 0.885 bits per heavy atom. The van der Waals surface area contributed by atoms with Crippen LogP contribution in [-0.2, 0) is 6.61 Å².